The third kappa shape index (κ3) is 1.74. The molecule has 1 aliphatic rings. The molecule has 2 aromatic rings. The molecule has 0 aliphatic carbocycles. The van der Waals surface area contributed by atoms with Crippen LogP contribution in [-0.4, -0.2) is 23.5 Å². The van der Waals surface area contributed by atoms with Gasteiger partial charge in [-0.05, 0) is 38.6 Å². The lowest BCUT2D eigenvalue weighted by molar-refractivity contribution is 0.187. The van der Waals surface area contributed by atoms with E-state index in [9.17, 15) is 0 Å². The summed E-state index contributed by atoms with van der Waals surface area (Å²) in [6.45, 7) is 1.21. The highest BCUT2D eigenvalue weighted by Gasteiger charge is 2.23. The lowest BCUT2D eigenvalue weighted by Crippen LogP contribution is -2.29. The number of thiazole rings is 1. The number of hydrogen-bond acceptors (Lipinski definition) is 3. The fourth-order valence-electron chi connectivity index (χ4n) is 2.42. The Labute approximate surface area is 99.9 Å². The fourth-order valence-corrected chi connectivity index (χ4v) is 3.59. The molecule has 0 N–H and O–H groups in total. The molecule has 1 aromatic heterocycles. The molecule has 0 amide bonds. The van der Waals surface area contributed by atoms with Crippen LogP contribution in [0.15, 0.2) is 24.3 Å². The lowest BCUT2D eigenvalue weighted by Gasteiger charge is -2.30. The van der Waals surface area contributed by atoms with E-state index in [1.807, 2.05) is 11.3 Å². The van der Waals surface area contributed by atoms with Crippen LogP contribution in [0.2, 0.25) is 0 Å². The van der Waals surface area contributed by atoms with Gasteiger partial charge in [0, 0.05) is 0 Å². The summed E-state index contributed by atoms with van der Waals surface area (Å²) in [5.41, 5.74) is 1.15. The minimum Gasteiger partial charge on any atom is -0.297 e. The number of fused-ring (bicyclic) bond motifs is 1. The molecule has 1 atom stereocenters. The molecule has 1 fully saturated rings. The van der Waals surface area contributed by atoms with Gasteiger partial charge < -0.3 is 0 Å². The van der Waals surface area contributed by atoms with Crippen LogP contribution in [0.1, 0.15) is 30.3 Å². The quantitative estimate of drug-likeness (QED) is 0.748. The van der Waals surface area contributed by atoms with Crippen LogP contribution < -0.4 is 0 Å². The summed E-state index contributed by atoms with van der Waals surface area (Å²) in [5.74, 6) is 0. The van der Waals surface area contributed by atoms with Crippen molar-refractivity contribution in [1.82, 2.24) is 9.88 Å². The monoisotopic (exact) mass is 232 g/mol. The number of rotatable bonds is 1. The van der Waals surface area contributed by atoms with E-state index in [0.717, 1.165) is 5.52 Å². The minimum atomic E-state index is 0.547. The predicted octanol–water partition coefficient (Wildman–Crippen LogP) is 3.45. The summed E-state index contributed by atoms with van der Waals surface area (Å²) in [7, 11) is 2.22. The molecule has 0 spiro atoms. The van der Waals surface area contributed by atoms with E-state index in [0.29, 0.717) is 6.04 Å². The number of nitrogens with zero attached hydrogens (tertiary/aromatic N) is 2. The first-order valence-electron chi connectivity index (χ1n) is 5.90. The number of para-hydroxylation sites is 1. The van der Waals surface area contributed by atoms with Gasteiger partial charge >= 0.3 is 0 Å². The second kappa shape index (κ2) is 4.15. The Kier molecular flexibility index (Phi) is 2.65. The highest BCUT2D eigenvalue weighted by Crippen LogP contribution is 2.34. The Bertz CT molecular complexity index is 458. The lowest BCUT2D eigenvalue weighted by atomic mass is 10.0. The minimum absolute atomic E-state index is 0.547. The number of likely N-dealkylation sites (tertiary alicyclic amines) is 1. The van der Waals surface area contributed by atoms with Crippen LogP contribution in [0.3, 0.4) is 0 Å². The van der Waals surface area contributed by atoms with Gasteiger partial charge in [-0.15, -0.1) is 11.3 Å². The summed E-state index contributed by atoms with van der Waals surface area (Å²) < 4.78 is 1.32. The van der Waals surface area contributed by atoms with Crippen molar-refractivity contribution in [2.45, 2.75) is 25.3 Å². The summed E-state index contributed by atoms with van der Waals surface area (Å²) >= 11 is 1.85. The van der Waals surface area contributed by atoms with Gasteiger partial charge in [0.1, 0.15) is 5.01 Å². The van der Waals surface area contributed by atoms with Crippen LogP contribution in [0.4, 0.5) is 0 Å². The second-order valence-electron chi connectivity index (χ2n) is 4.51. The number of benzene rings is 1. The van der Waals surface area contributed by atoms with Gasteiger partial charge in [-0.25, -0.2) is 4.98 Å². The van der Waals surface area contributed by atoms with Crippen LogP contribution in [0.25, 0.3) is 10.2 Å². The highest BCUT2D eigenvalue weighted by molar-refractivity contribution is 7.18. The Morgan fingerprint density at radius 3 is 3.00 bits per heavy atom. The van der Waals surface area contributed by atoms with Crippen molar-refractivity contribution in [3.8, 4) is 0 Å². The zero-order valence-corrected chi connectivity index (χ0v) is 10.3. The maximum absolute atomic E-state index is 4.76. The number of hydrogen-bond donors (Lipinski definition) is 0. The topological polar surface area (TPSA) is 16.1 Å². The van der Waals surface area contributed by atoms with E-state index in [1.165, 1.54) is 35.5 Å². The summed E-state index contributed by atoms with van der Waals surface area (Å²) in [6.07, 6.45) is 3.93. The molecule has 3 heteroatoms. The third-order valence-electron chi connectivity index (χ3n) is 3.37. The van der Waals surface area contributed by atoms with Crippen LogP contribution in [-0.2, 0) is 0 Å². The van der Waals surface area contributed by atoms with Crippen LogP contribution >= 0.6 is 11.3 Å². The van der Waals surface area contributed by atoms with Crippen LogP contribution in [0, 0.1) is 0 Å². The van der Waals surface area contributed by atoms with Crippen molar-refractivity contribution in [3.05, 3.63) is 29.3 Å². The van der Waals surface area contributed by atoms with Gasteiger partial charge in [-0.2, -0.15) is 0 Å². The molecule has 0 saturated carbocycles. The molecule has 1 aromatic carbocycles. The first-order chi connectivity index (χ1) is 7.84. The van der Waals surface area contributed by atoms with Gasteiger partial charge in [0.05, 0.1) is 16.3 Å². The van der Waals surface area contributed by atoms with E-state index in [4.69, 9.17) is 4.98 Å². The van der Waals surface area contributed by atoms with E-state index < -0.39 is 0 Å². The van der Waals surface area contributed by atoms with E-state index in [-0.39, 0.29) is 0 Å². The smallest absolute Gasteiger partial charge is 0.111 e. The van der Waals surface area contributed by atoms with Gasteiger partial charge in [0.2, 0.25) is 0 Å². The van der Waals surface area contributed by atoms with E-state index in [1.54, 1.807) is 0 Å². The zero-order chi connectivity index (χ0) is 11.0. The largest absolute Gasteiger partial charge is 0.297 e. The van der Waals surface area contributed by atoms with Gasteiger partial charge in [0.25, 0.3) is 0 Å². The molecule has 1 aliphatic heterocycles. The Balaban J connectivity index is 1.98. The first-order valence-corrected chi connectivity index (χ1v) is 6.72. The van der Waals surface area contributed by atoms with Gasteiger partial charge in [-0.3, -0.25) is 4.90 Å². The Morgan fingerprint density at radius 1 is 1.31 bits per heavy atom. The Hall–Kier alpha value is -0.930. The van der Waals surface area contributed by atoms with Crippen molar-refractivity contribution < 1.29 is 0 Å². The molecule has 0 radical (unpaired) electrons. The van der Waals surface area contributed by atoms with Crippen molar-refractivity contribution in [1.29, 1.82) is 0 Å². The molecule has 0 unspecified atom stereocenters. The van der Waals surface area contributed by atoms with Crippen LogP contribution in [0.5, 0.6) is 0 Å². The van der Waals surface area contributed by atoms with Crippen molar-refractivity contribution >= 4 is 21.6 Å². The van der Waals surface area contributed by atoms with Gasteiger partial charge in [0.15, 0.2) is 0 Å². The van der Waals surface area contributed by atoms with Crippen molar-refractivity contribution in [2.75, 3.05) is 13.6 Å². The standard InChI is InChI=1S/C13H16N2S/c1-15-9-5-4-7-11(15)13-14-10-6-2-3-8-12(10)16-13/h2-3,6,8,11H,4-5,7,9H2,1H3/t11-/m0/s1. The first kappa shape index (κ1) is 10.2. The maximum atomic E-state index is 4.76. The van der Waals surface area contributed by atoms with E-state index in [2.05, 4.69) is 36.2 Å². The molecule has 84 valence electrons. The zero-order valence-electron chi connectivity index (χ0n) is 9.52. The summed E-state index contributed by atoms with van der Waals surface area (Å²) in [5, 5.41) is 1.29. The molecule has 0 bridgehead atoms. The average Bonchev–Trinajstić information content (AvgIpc) is 2.73. The Morgan fingerprint density at radius 2 is 2.19 bits per heavy atom. The third-order valence-corrected chi connectivity index (χ3v) is 4.50. The SMILES string of the molecule is CN1CCCC[C@H]1c1nc2ccccc2s1. The summed E-state index contributed by atoms with van der Waals surface area (Å²) in [6, 6.07) is 8.98. The highest BCUT2D eigenvalue weighted by atomic mass is 32.1. The molecular formula is C13H16N2S. The molecule has 3 rings (SSSR count). The fraction of sp³-hybridized carbons (Fsp3) is 0.462. The molecule has 16 heavy (non-hydrogen) atoms. The normalized spacial score (nSPS) is 22.7. The molecule has 2 nitrogen and oxygen atoms in total. The number of aromatic nitrogens is 1. The molecular weight excluding hydrogens is 216 g/mol. The maximum Gasteiger partial charge on any atom is 0.111 e. The number of piperidine rings is 1. The average molecular weight is 232 g/mol. The van der Waals surface area contributed by atoms with Crippen molar-refractivity contribution in [3.63, 3.8) is 0 Å². The second-order valence-corrected chi connectivity index (χ2v) is 5.57. The van der Waals surface area contributed by atoms with Crippen molar-refractivity contribution in [2.24, 2.45) is 0 Å². The molecule has 2 heterocycles. The van der Waals surface area contributed by atoms with E-state index >= 15 is 0 Å². The summed E-state index contributed by atoms with van der Waals surface area (Å²) in [4.78, 5) is 7.21. The molecule has 1 saturated heterocycles. The predicted molar refractivity (Wildman–Crippen MR) is 68.8 cm³/mol. The van der Waals surface area contributed by atoms with Gasteiger partial charge in [-0.1, -0.05) is 18.6 Å².